The number of hydrogen-bond donors (Lipinski definition) is 0. The molecule has 1 aliphatic rings. The summed E-state index contributed by atoms with van der Waals surface area (Å²) in [5, 5.41) is 0. The fourth-order valence-corrected chi connectivity index (χ4v) is 1.87. The Bertz CT molecular complexity index is 400. The maximum atomic E-state index is 11.8. The van der Waals surface area contributed by atoms with Gasteiger partial charge in [-0.2, -0.15) is 0 Å². The largest absolute Gasteiger partial charge is 0.341 e. The number of rotatable bonds is 3. The van der Waals surface area contributed by atoms with Crippen LogP contribution in [0.2, 0.25) is 0 Å². The number of ketones is 1. The molecular weight excluding hydrogens is 202 g/mol. The summed E-state index contributed by atoms with van der Waals surface area (Å²) < 4.78 is 0. The standard InChI is InChI=1S/C13H15NO2/c1-14(9-10-5-3-2-4-6-10)13(16)11-7-8-12(11)15/h2-6,11H,7-9H2,1H3/t11-/m0/s1. The lowest BCUT2D eigenvalue weighted by Crippen LogP contribution is -2.41. The monoisotopic (exact) mass is 217 g/mol. The maximum absolute atomic E-state index is 11.8. The van der Waals surface area contributed by atoms with Crippen LogP contribution in [-0.4, -0.2) is 23.6 Å². The topological polar surface area (TPSA) is 37.4 Å². The van der Waals surface area contributed by atoms with Crippen LogP contribution in [0, 0.1) is 5.92 Å². The van der Waals surface area contributed by atoms with Crippen LogP contribution in [0.1, 0.15) is 18.4 Å². The van der Waals surface area contributed by atoms with E-state index in [9.17, 15) is 9.59 Å². The lowest BCUT2D eigenvalue weighted by Gasteiger charge is -2.28. The first-order chi connectivity index (χ1) is 7.68. The van der Waals surface area contributed by atoms with Gasteiger partial charge in [0.25, 0.3) is 0 Å². The Balaban J connectivity index is 1.95. The van der Waals surface area contributed by atoms with Crippen molar-refractivity contribution in [1.29, 1.82) is 0 Å². The van der Waals surface area contributed by atoms with Gasteiger partial charge in [-0.15, -0.1) is 0 Å². The molecule has 1 aromatic carbocycles. The van der Waals surface area contributed by atoms with Crippen molar-refractivity contribution >= 4 is 11.7 Å². The summed E-state index contributed by atoms with van der Waals surface area (Å²) in [5.41, 5.74) is 1.09. The average molecular weight is 217 g/mol. The van der Waals surface area contributed by atoms with Gasteiger partial charge in [0.05, 0.1) is 5.92 Å². The van der Waals surface area contributed by atoms with E-state index in [0.29, 0.717) is 13.0 Å². The number of amides is 1. The fraction of sp³-hybridized carbons (Fsp3) is 0.385. The quantitative estimate of drug-likeness (QED) is 0.721. The van der Waals surface area contributed by atoms with Crippen molar-refractivity contribution in [3.8, 4) is 0 Å². The highest BCUT2D eigenvalue weighted by Crippen LogP contribution is 2.24. The molecule has 2 rings (SSSR count). The van der Waals surface area contributed by atoms with Gasteiger partial charge in [-0.3, -0.25) is 9.59 Å². The molecule has 16 heavy (non-hydrogen) atoms. The lowest BCUT2D eigenvalue weighted by molar-refractivity contribution is -0.145. The Morgan fingerprint density at radius 2 is 2.06 bits per heavy atom. The highest BCUT2D eigenvalue weighted by Gasteiger charge is 2.36. The van der Waals surface area contributed by atoms with E-state index in [-0.39, 0.29) is 17.6 Å². The van der Waals surface area contributed by atoms with Crippen molar-refractivity contribution in [1.82, 2.24) is 4.90 Å². The highest BCUT2D eigenvalue weighted by atomic mass is 16.2. The van der Waals surface area contributed by atoms with Gasteiger partial charge in [-0.25, -0.2) is 0 Å². The molecule has 0 aliphatic heterocycles. The molecule has 1 fully saturated rings. The number of hydrogen-bond acceptors (Lipinski definition) is 2. The first kappa shape index (κ1) is 10.9. The number of carbonyl (C=O) groups excluding carboxylic acids is 2. The molecule has 0 spiro atoms. The molecule has 0 aromatic heterocycles. The Kier molecular flexibility index (Phi) is 3.04. The van der Waals surface area contributed by atoms with Gasteiger partial charge >= 0.3 is 0 Å². The summed E-state index contributed by atoms with van der Waals surface area (Å²) in [7, 11) is 1.75. The van der Waals surface area contributed by atoms with Crippen LogP contribution in [0.4, 0.5) is 0 Å². The Morgan fingerprint density at radius 3 is 2.56 bits per heavy atom. The molecule has 1 aromatic rings. The Labute approximate surface area is 95.1 Å². The van der Waals surface area contributed by atoms with Gasteiger partial charge in [0, 0.05) is 20.0 Å². The number of carbonyl (C=O) groups is 2. The van der Waals surface area contributed by atoms with Gasteiger partial charge in [0.1, 0.15) is 5.78 Å². The van der Waals surface area contributed by atoms with E-state index in [2.05, 4.69) is 0 Å². The number of benzene rings is 1. The minimum atomic E-state index is -0.367. The summed E-state index contributed by atoms with van der Waals surface area (Å²) in [6.07, 6.45) is 1.28. The molecule has 0 saturated heterocycles. The molecule has 0 N–H and O–H groups in total. The second kappa shape index (κ2) is 4.47. The predicted molar refractivity (Wildman–Crippen MR) is 60.6 cm³/mol. The third-order valence-electron chi connectivity index (χ3n) is 3.00. The van der Waals surface area contributed by atoms with Crippen LogP contribution in [0.15, 0.2) is 30.3 Å². The molecule has 0 radical (unpaired) electrons. The summed E-state index contributed by atoms with van der Waals surface area (Å²) >= 11 is 0. The average Bonchev–Trinajstić information content (AvgIpc) is 2.28. The minimum absolute atomic E-state index is 0.0416. The van der Waals surface area contributed by atoms with Gasteiger partial charge in [-0.05, 0) is 12.0 Å². The van der Waals surface area contributed by atoms with Crippen LogP contribution < -0.4 is 0 Å². The summed E-state index contributed by atoms with van der Waals surface area (Å²) in [6, 6.07) is 9.80. The molecule has 1 aliphatic carbocycles. The zero-order valence-corrected chi connectivity index (χ0v) is 9.35. The second-order valence-corrected chi connectivity index (χ2v) is 4.24. The minimum Gasteiger partial charge on any atom is -0.341 e. The Morgan fingerprint density at radius 1 is 1.38 bits per heavy atom. The van der Waals surface area contributed by atoms with E-state index in [1.54, 1.807) is 11.9 Å². The molecule has 3 heteroatoms. The van der Waals surface area contributed by atoms with Crippen molar-refractivity contribution in [2.45, 2.75) is 19.4 Å². The number of nitrogens with zero attached hydrogens (tertiary/aromatic N) is 1. The molecule has 1 saturated carbocycles. The molecule has 3 nitrogen and oxygen atoms in total. The van der Waals surface area contributed by atoms with Gasteiger partial charge in [0.2, 0.25) is 5.91 Å². The normalized spacial score (nSPS) is 19.1. The third kappa shape index (κ3) is 2.13. The van der Waals surface area contributed by atoms with Gasteiger partial charge in [-0.1, -0.05) is 30.3 Å². The van der Waals surface area contributed by atoms with Gasteiger partial charge in [0.15, 0.2) is 0 Å². The van der Waals surface area contributed by atoms with Crippen molar-refractivity contribution in [2.75, 3.05) is 7.05 Å². The van der Waals surface area contributed by atoms with Crippen molar-refractivity contribution in [2.24, 2.45) is 5.92 Å². The second-order valence-electron chi connectivity index (χ2n) is 4.24. The smallest absolute Gasteiger partial charge is 0.233 e. The van der Waals surface area contributed by atoms with Crippen LogP contribution >= 0.6 is 0 Å². The van der Waals surface area contributed by atoms with Crippen molar-refractivity contribution in [3.63, 3.8) is 0 Å². The lowest BCUT2D eigenvalue weighted by atomic mass is 9.83. The maximum Gasteiger partial charge on any atom is 0.233 e. The van der Waals surface area contributed by atoms with E-state index in [1.807, 2.05) is 30.3 Å². The number of Topliss-reactive ketones (excluding diaryl/α,β-unsaturated/α-hetero) is 1. The van der Waals surface area contributed by atoms with Gasteiger partial charge < -0.3 is 4.90 Å². The van der Waals surface area contributed by atoms with E-state index in [4.69, 9.17) is 0 Å². The molecule has 0 unspecified atom stereocenters. The zero-order chi connectivity index (χ0) is 11.5. The third-order valence-corrected chi connectivity index (χ3v) is 3.00. The molecule has 0 bridgehead atoms. The first-order valence-electron chi connectivity index (χ1n) is 5.50. The van der Waals surface area contributed by atoms with E-state index < -0.39 is 0 Å². The van der Waals surface area contributed by atoms with E-state index in [1.165, 1.54) is 0 Å². The molecule has 84 valence electrons. The van der Waals surface area contributed by atoms with Crippen LogP contribution in [0.25, 0.3) is 0 Å². The van der Waals surface area contributed by atoms with Crippen molar-refractivity contribution < 1.29 is 9.59 Å². The molecule has 1 atom stereocenters. The summed E-state index contributed by atoms with van der Waals surface area (Å²) in [4.78, 5) is 24.7. The van der Waals surface area contributed by atoms with Crippen LogP contribution in [0.5, 0.6) is 0 Å². The zero-order valence-electron chi connectivity index (χ0n) is 9.35. The fourth-order valence-electron chi connectivity index (χ4n) is 1.87. The molecular formula is C13H15NO2. The van der Waals surface area contributed by atoms with E-state index >= 15 is 0 Å². The molecule has 0 heterocycles. The summed E-state index contributed by atoms with van der Waals surface area (Å²) in [6.45, 7) is 0.573. The Hall–Kier alpha value is -1.64. The summed E-state index contributed by atoms with van der Waals surface area (Å²) in [5.74, 6) is -0.321. The SMILES string of the molecule is CN(Cc1ccccc1)C(=O)[C@H]1CCC1=O. The highest BCUT2D eigenvalue weighted by molar-refractivity contribution is 6.05. The van der Waals surface area contributed by atoms with Crippen molar-refractivity contribution in [3.05, 3.63) is 35.9 Å². The first-order valence-corrected chi connectivity index (χ1v) is 5.50. The molecule has 1 amide bonds. The predicted octanol–water partition coefficient (Wildman–Crippen LogP) is 1.62. The van der Waals surface area contributed by atoms with Crippen LogP contribution in [-0.2, 0) is 16.1 Å². The van der Waals surface area contributed by atoms with Crippen LogP contribution in [0.3, 0.4) is 0 Å². The van der Waals surface area contributed by atoms with E-state index in [0.717, 1.165) is 12.0 Å².